The second kappa shape index (κ2) is 8.87. The predicted octanol–water partition coefficient (Wildman–Crippen LogP) is 3.84. The van der Waals surface area contributed by atoms with E-state index in [2.05, 4.69) is 0 Å². The van der Waals surface area contributed by atoms with Crippen LogP contribution in [0.2, 0.25) is 0 Å². The molecule has 1 aliphatic rings. The number of benzene rings is 2. The topological polar surface area (TPSA) is 70.8 Å². The van der Waals surface area contributed by atoms with Gasteiger partial charge in [0.25, 0.3) is 5.91 Å². The van der Waals surface area contributed by atoms with Crippen LogP contribution in [-0.4, -0.2) is 49.7 Å². The van der Waals surface area contributed by atoms with Crippen LogP contribution in [0.25, 0.3) is 17.4 Å². The summed E-state index contributed by atoms with van der Waals surface area (Å²) < 4.78 is 46.0. The molecule has 0 saturated carbocycles. The Labute approximate surface area is 180 Å². The van der Waals surface area contributed by atoms with Crippen molar-refractivity contribution < 1.29 is 22.0 Å². The molecule has 2 heterocycles. The molecule has 4 rings (SSSR count). The normalized spacial score (nSPS) is 15.5. The number of amides is 1. The molecule has 6 nitrogen and oxygen atoms in total. The zero-order valence-corrected chi connectivity index (χ0v) is 17.5. The molecule has 0 bridgehead atoms. The summed E-state index contributed by atoms with van der Waals surface area (Å²) in [6, 6.07) is 18.4. The third-order valence-electron chi connectivity index (χ3n) is 5.07. The number of nitrogens with zero attached hydrogens (tertiary/aromatic N) is 2. The lowest BCUT2D eigenvalue weighted by atomic mass is 10.1. The van der Waals surface area contributed by atoms with Gasteiger partial charge in [0.1, 0.15) is 11.6 Å². The molecule has 0 unspecified atom stereocenters. The highest BCUT2D eigenvalue weighted by Crippen LogP contribution is 2.25. The maximum Gasteiger partial charge on any atom is 0.289 e. The number of piperazine rings is 1. The SMILES string of the molecule is O=C(c1ccc(-c2ccccc2F)o1)N1CCN(S(=O)(=O)/C=C/c2ccccc2)CC1. The van der Waals surface area contributed by atoms with Gasteiger partial charge in [-0.3, -0.25) is 4.79 Å². The average Bonchev–Trinajstić information content (AvgIpc) is 3.28. The molecule has 1 saturated heterocycles. The maximum atomic E-state index is 13.9. The van der Waals surface area contributed by atoms with Gasteiger partial charge in [0.2, 0.25) is 10.0 Å². The van der Waals surface area contributed by atoms with Crippen LogP contribution in [0.5, 0.6) is 0 Å². The molecule has 1 fully saturated rings. The summed E-state index contributed by atoms with van der Waals surface area (Å²) in [6.07, 6.45) is 1.56. The van der Waals surface area contributed by atoms with Crippen LogP contribution in [0.1, 0.15) is 16.1 Å². The first-order valence-corrected chi connectivity index (χ1v) is 11.3. The Hall–Kier alpha value is -3.23. The van der Waals surface area contributed by atoms with Crippen LogP contribution in [0.3, 0.4) is 0 Å². The largest absolute Gasteiger partial charge is 0.451 e. The fourth-order valence-corrected chi connectivity index (χ4v) is 4.55. The molecule has 1 aromatic heterocycles. The summed E-state index contributed by atoms with van der Waals surface area (Å²) in [5, 5.41) is 1.19. The van der Waals surface area contributed by atoms with Crippen LogP contribution < -0.4 is 0 Å². The minimum atomic E-state index is -3.58. The van der Waals surface area contributed by atoms with Crippen molar-refractivity contribution in [3.05, 3.63) is 89.3 Å². The molecule has 0 N–H and O–H groups in total. The van der Waals surface area contributed by atoms with Gasteiger partial charge in [0.15, 0.2) is 5.76 Å². The van der Waals surface area contributed by atoms with Gasteiger partial charge >= 0.3 is 0 Å². The van der Waals surface area contributed by atoms with Crippen LogP contribution >= 0.6 is 0 Å². The molecular formula is C23H21FN2O4S. The second-order valence-corrected chi connectivity index (χ2v) is 8.91. The third kappa shape index (κ3) is 4.76. The maximum absolute atomic E-state index is 13.9. The van der Waals surface area contributed by atoms with Gasteiger partial charge in [0.05, 0.1) is 5.56 Å². The molecular weight excluding hydrogens is 419 g/mol. The van der Waals surface area contributed by atoms with Crippen LogP contribution in [0.4, 0.5) is 4.39 Å². The van der Waals surface area contributed by atoms with E-state index >= 15 is 0 Å². The first-order chi connectivity index (χ1) is 14.9. The van der Waals surface area contributed by atoms with Crippen molar-refractivity contribution in [1.29, 1.82) is 0 Å². The lowest BCUT2D eigenvalue weighted by Gasteiger charge is -2.32. The minimum absolute atomic E-state index is 0.0959. The number of carbonyl (C=O) groups is 1. The molecule has 3 aromatic rings. The Morgan fingerprint density at radius 2 is 1.58 bits per heavy atom. The lowest BCUT2D eigenvalue weighted by molar-refractivity contribution is 0.0667. The van der Waals surface area contributed by atoms with Gasteiger partial charge in [-0.1, -0.05) is 42.5 Å². The fraction of sp³-hybridized carbons (Fsp3) is 0.174. The zero-order chi connectivity index (χ0) is 21.8. The summed E-state index contributed by atoms with van der Waals surface area (Å²) in [6.45, 7) is 0.863. The Morgan fingerprint density at radius 1 is 0.903 bits per heavy atom. The number of sulfonamides is 1. The van der Waals surface area contributed by atoms with Crippen LogP contribution in [-0.2, 0) is 10.0 Å². The second-order valence-electron chi connectivity index (χ2n) is 7.09. The monoisotopic (exact) mass is 440 g/mol. The highest BCUT2D eigenvalue weighted by atomic mass is 32.2. The Kier molecular flexibility index (Phi) is 6.01. The van der Waals surface area contributed by atoms with Gasteiger partial charge in [-0.15, -0.1) is 0 Å². The number of hydrogen-bond acceptors (Lipinski definition) is 4. The van der Waals surface area contributed by atoms with Crippen molar-refractivity contribution in [1.82, 2.24) is 9.21 Å². The summed E-state index contributed by atoms with van der Waals surface area (Å²) >= 11 is 0. The van der Waals surface area contributed by atoms with Crippen molar-refractivity contribution >= 4 is 22.0 Å². The van der Waals surface area contributed by atoms with E-state index in [0.717, 1.165) is 5.56 Å². The molecule has 0 atom stereocenters. The molecule has 0 aliphatic carbocycles. The van der Waals surface area contributed by atoms with Gasteiger partial charge in [-0.25, -0.2) is 12.8 Å². The van der Waals surface area contributed by atoms with Crippen molar-refractivity contribution in [2.24, 2.45) is 0 Å². The third-order valence-corrected chi connectivity index (χ3v) is 6.64. The number of rotatable bonds is 5. The molecule has 0 spiro atoms. The van der Waals surface area contributed by atoms with Crippen molar-refractivity contribution in [2.45, 2.75) is 0 Å². The standard InChI is InChI=1S/C23H21FN2O4S/c24-20-9-5-4-8-19(20)21-10-11-22(30-21)23(27)25-13-15-26(16-14-25)31(28,29)17-12-18-6-2-1-3-7-18/h1-12,17H,13-16H2/b17-12+. The number of carbonyl (C=O) groups excluding carboxylic acids is 1. The number of hydrogen-bond donors (Lipinski definition) is 0. The molecule has 2 aromatic carbocycles. The number of furan rings is 1. The van der Waals surface area contributed by atoms with Crippen molar-refractivity contribution in [2.75, 3.05) is 26.2 Å². The molecule has 8 heteroatoms. The Bertz CT molecular complexity index is 1200. The van der Waals surface area contributed by atoms with Crippen LogP contribution in [0, 0.1) is 5.82 Å². The Morgan fingerprint density at radius 3 is 2.29 bits per heavy atom. The average molecular weight is 440 g/mol. The molecule has 31 heavy (non-hydrogen) atoms. The quantitative estimate of drug-likeness (QED) is 0.604. The predicted molar refractivity (Wildman–Crippen MR) is 116 cm³/mol. The minimum Gasteiger partial charge on any atom is -0.451 e. The Balaban J connectivity index is 1.39. The summed E-state index contributed by atoms with van der Waals surface area (Å²) in [4.78, 5) is 14.3. The van der Waals surface area contributed by atoms with Crippen molar-refractivity contribution in [3.8, 4) is 11.3 Å². The van der Waals surface area contributed by atoms with Crippen LogP contribution in [0.15, 0.2) is 76.6 Å². The first kappa shape index (κ1) is 21.0. The smallest absolute Gasteiger partial charge is 0.289 e. The van der Waals surface area contributed by atoms with E-state index in [-0.39, 0.29) is 49.2 Å². The summed E-state index contributed by atoms with van der Waals surface area (Å²) in [5.41, 5.74) is 1.08. The van der Waals surface area contributed by atoms with E-state index in [9.17, 15) is 17.6 Å². The highest BCUT2D eigenvalue weighted by molar-refractivity contribution is 7.92. The van der Waals surface area contributed by atoms with E-state index in [4.69, 9.17) is 4.42 Å². The molecule has 0 radical (unpaired) electrons. The summed E-state index contributed by atoms with van der Waals surface area (Å²) in [5.74, 6) is -0.412. The van der Waals surface area contributed by atoms with Gasteiger partial charge in [0, 0.05) is 31.6 Å². The van der Waals surface area contributed by atoms with Crippen molar-refractivity contribution in [3.63, 3.8) is 0 Å². The highest BCUT2D eigenvalue weighted by Gasteiger charge is 2.29. The molecule has 1 amide bonds. The van der Waals surface area contributed by atoms with Gasteiger partial charge in [-0.05, 0) is 35.9 Å². The van der Waals surface area contributed by atoms with E-state index in [1.807, 2.05) is 30.3 Å². The fourth-order valence-electron chi connectivity index (χ4n) is 3.37. The van der Waals surface area contributed by atoms with Gasteiger partial charge < -0.3 is 9.32 Å². The molecule has 1 aliphatic heterocycles. The van der Waals surface area contributed by atoms with E-state index in [1.165, 1.54) is 26.7 Å². The number of halogens is 1. The zero-order valence-electron chi connectivity index (χ0n) is 16.6. The van der Waals surface area contributed by atoms with E-state index in [1.54, 1.807) is 30.3 Å². The summed E-state index contributed by atoms with van der Waals surface area (Å²) in [7, 11) is -3.58. The first-order valence-electron chi connectivity index (χ1n) is 9.81. The molecule has 160 valence electrons. The lowest BCUT2D eigenvalue weighted by Crippen LogP contribution is -2.50. The van der Waals surface area contributed by atoms with E-state index in [0.29, 0.717) is 0 Å². The van der Waals surface area contributed by atoms with E-state index < -0.39 is 15.8 Å². The van der Waals surface area contributed by atoms with Gasteiger partial charge in [-0.2, -0.15) is 4.31 Å².